The van der Waals surface area contributed by atoms with Crippen LogP contribution < -0.4 is 14.8 Å². The number of rotatable bonds is 5. The van der Waals surface area contributed by atoms with Crippen LogP contribution in [0.5, 0.6) is 11.5 Å². The summed E-state index contributed by atoms with van der Waals surface area (Å²) < 4.78 is 16.0. The second-order valence-corrected chi connectivity index (χ2v) is 7.31. The summed E-state index contributed by atoms with van der Waals surface area (Å²) in [5.41, 5.74) is 0.966. The van der Waals surface area contributed by atoms with Gasteiger partial charge in [-0.15, -0.1) is 11.8 Å². The van der Waals surface area contributed by atoms with Crippen LogP contribution in [0.15, 0.2) is 41.0 Å². The van der Waals surface area contributed by atoms with Crippen molar-refractivity contribution in [2.75, 3.05) is 33.1 Å². The maximum atomic E-state index is 12.5. The lowest BCUT2D eigenvalue weighted by Gasteiger charge is -2.21. The molecule has 0 bridgehead atoms. The summed E-state index contributed by atoms with van der Waals surface area (Å²) in [6.07, 6.45) is 2.59. The Morgan fingerprint density at radius 2 is 2.12 bits per heavy atom. The van der Waals surface area contributed by atoms with Gasteiger partial charge >= 0.3 is 6.03 Å². The molecule has 7 heteroatoms. The normalized spacial score (nSPS) is 17.5. The Morgan fingerprint density at radius 3 is 2.85 bits per heavy atom. The first kappa shape index (κ1) is 18.5. The molecule has 0 radical (unpaired) electrons. The monoisotopic (exact) mass is 376 g/mol. The Hall–Kier alpha value is -2.28. The van der Waals surface area contributed by atoms with Crippen LogP contribution in [0, 0.1) is 0 Å². The highest BCUT2D eigenvalue weighted by Crippen LogP contribution is 2.34. The predicted octanol–water partition coefficient (Wildman–Crippen LogP) is 3.69. The van der Waals surface area contributed by atoms with Gasteiger partial charge in [0.25, 0.3) is 0 Å². The molecule has 1 aromatic heterocycles. The summed E-state index contributed by atoms with van der Waals surface area (Å²) in [5, 5.41) is 3.31. The Morgan fingerprint density at radius 1 is 1.27 bits per heavy atom. The Kier molecular flexibility index (Phi) is 6.33. The van der Waals surface area contributed by atoms with E-state index in [1.165, 1.54) is 0 Å². The number of nitrogens with zero attached hydrogens (tertiary/aromatic N) is 1. The molecule has 140 valence electrons. The van der Waals surface area contributed by atoms with Gasteiger partial charge in [-0.3, -0.25) is 0 Å². The smallest absolute Gasteiger partial charge is 0.317 e. The first-order chi connectivity index (χ1) is 12.7. The fourth-order valence-electron chi connectivity index (χ4n) is 2.96. The van der Waals surface area contributed by atoms with Gasteiger partial charge in [0.05, 0.1) is 25.7 Å². The van der Waals surface area contributed by atoms with E-state index in [4.69, 9.17) is 13.9 Å². The zero-order valence-electron chi connectivity index (χ0n) is 15.1. The minimum absolute atomic E-state index is 0.0412. The third-order valence-electron chi connectivity index (χ3n) is 4.38. The molecule has 2 heterocycles. The SMILES string of the molecule is COc1ccc(CNC(=O)N2CCSC(c3ccco3)CC2)cc1OC. The summed E-state index contributed by atoms with van der Waals surface area (Å²) in [6.45, 7) is 1.90. The number of hydrogen-bond acceptors (Lipinski definition) is 5. The number of ether oxygens (including phenoxy) is 2. The minimum Gasteiger partial charge on any atom is -0.493 e. The molecular weight excluding hydrogens is 352 g/mol. The minimum atomic E-state index is -0.0412. The zero-order valence-corrected chi connectivity index (χ0v) is 15.9. The van der Waals surface area contributed by atoms with Gasteiger partial charge in [-0.2, -0.15) is 0 Å². The summed E-state index contributed by atoms with van der Waals surface area (Å²) in [5.74, 6) is 3.22. The molecule has 6 nitrogen and oxygen atoms in total. The fraction of sp³-hybridized carbons (Fsp3) is 0.421. The van der Waals surface area contributed by atoms with Crippen molar-refractivity contribution in [1.82, 2.24) is 10.2 Å². The van der Waals surface area contributed by atoms with Crippen LogP contribution in [-0.4, -0.2) is 44.0 Å². The van der Waals surface area contributed by atoms with E-state index in [2.05, 4.69) is 5.32 Å². The molecule has 1 atom stereocenters. The van der Waals surface area contributed by atoms with Gasteiger partial charge in [0.15, 0.2) is 11.5 Å². The first-order valence-corrected chi connectivity index (χ1v) is 9.65. The highest BCUT2D eigenvalue weighted by Gasteiger charge is 2.23. The first-order valence-electron chi connectivity index (χ1n) is 8.60. The van der Waals surface area contributed by atoms with E-state index < -0.39 is 0 Å². The zero-order chi connectivity index (χ0) is 18.4. The molecule has 0 spiro atoms. The Labute approximate surface area is 157 Å². The van der Waals surface area contributed by atoms with Crippen LogP contribution in [0.25, 0.3) is 0 Å². The van der Waals surface area contributed by atoms with Crippen LogP contribution in [0.3, 0.4) is 0 Å². The predicted molar refractivity (Wildman–Crippen MR) is 102 cm³/mol. The van der Waals surface area contributed by atoms with Crippen molar-refractivity contribution in [2.45, 2.75) is 18.2 Å². The highest BCUT2D eigenvalue weighted by molar-refractivity contribution is 7.99. The van der Waals surface area contributed by atoms with E-state index in [0.29, 0.717) is 23.3 Å². The third kappa shape index (κ3) is 4.46. The summed E-state index contributed by atoms with van der Waals surface area (Å²) in [7, 11) is 3.21. The van der Waals surface area contributed by atoms with Crippen LogP contribution in [0.4, 0.5) is 4.79 Å². The summed E-state index contributed by atoms with van der Waals surface area (Å²) in [4.78, 5) is 14.4. The van der Waals surface area contributed by atoms with Crippen LogP contribution >= 0.6 is 11.8 Å². The maximum Gasteiger partial charge on any atom is 0.317 e. The third-order valence-corrected chi connectivity index (χ3v) is 5.67. The molecule has 0 saturated carbocycles. The average molecular weight is 376 g/mol. The second kappa shape index (κ2) is 8.89. The lowest BCUT2D eigenvalue weighted by atomic mass is 10.2. The van der Waals surface area contributed by atoms with Gasteiger partial charge in [0.2, 0.25) is 0 Å². The molecule has 1 aromatic carbocycles. The van der Waals surface area contributed by atoms with Crippen molar-refractivity contribution >= 4 is 17.8 Å². The number of hydrogen-bond donors (Lipinski definition) is 1. The van der Waals surface area contributed by atoms with Gasteiger partial charge in [-0.25, -0.2) is 4.79 Å². The molecule has 1 aliphatic heterocycles. The summed E-state index contributed by atoms with van der Waals surface area (Å²) >= 11 is 1.84. The van der Waals surface area contributed by atoms with Gasteiger partial charge in [0, 0.05) is 25.4 Å². The number of amides is 2. The molecule has 3 rings (SSSR count). The Balaban J connectivity index is 1.53. The highest BCUT2D eigenvalue weighted by atomic mass is 32.2. The maximum absolute atomic E-state index is 12.5. The van der Waals surface area contributed by atoms with E-state index in [-0.39, 0.29) is 6.03 Å². The van der Waals surface area contributed by atoms with Gasteiger partial charge in [-0.1, -0.05) is 6.07 Å². The van der Waals surface area contributed by atoms with Gasteiger partial charge in [-0.05, 0) is 36.2 Å². The van der Waals surface area contributed by atoms with Crippen molar-refractivity contribution in [3.63, 3.8) is 0 Å². The molecule has 2 amide bonds. The lowest BCUT2D eigenvalue weighted by molar-refractivity contribution is 0.200. The van der Waals surface area contributed by atoms with Crippen molar-refractivity contribution in [1.29, 1.82) is 0 Å². The molecule has 2 aromatic rings. The number of carbonyl (C=O) groups excluding carboxylic acids is 1. The number of thioether (sulfide) groups is 1. The number of furan rings is 1. The Bertz CT molecular complexity index is 720. The molecule has 1 unspecified atom stereocenters. The lowest BCUT2D eigenvalue weighted by Crippen LogP contribution is -2.40. The van der Waals surface area contributed by atoms with Crippen molar-refractivity contribution < 1.29 is 18.7 Å². The van der Waals surface area contributed by atoms with E-state index in [9.17, 15) is 4.79 Å². The molecule has 1 aliphatic rings. The van der Waals surface area contributed by atoms with Crippen molar-refractivity contribution in [2.24, 2.45) is 0 Å². The molecule has 1 fully saturated rings. The van der Waals surface area contributed by atoms with Crippen molar-refractivity contribution in [3.05, 3.63) is 47.9 Å². The number of benzene rings is 1. The molecule has 0 aliphatic carbocycles. The van der Waals surface area contributed by atoms with E-state index in [0.717, 1.165) is 36.6 Å². The van der Waals surface area contributed by atoms with Crippen LogP contribution in [0.2, 0.25) is 0 Å². The van der Waals surface area contributed by atoms with Gasteiger partial charge in [0.1, 0.15) is 5.76 Å². The second-order valence-electron chi connectivity index (χ2n) is 6.00. The van der Waals surface area contributed by atoms with Gasteiger partial charge < -0.3 is 24.1 Å². The molecule has 1 saturated heterocycles. The number of carbonyl (C=O) groups is 1. The quantitative estimate of drug-likeness (QED) is 0.862. The largest absolute Gasteiger partial charge is 0.493 e. The van der Waals surface area contributed by atoms with E-state index in [1.807, 2.05) is 47.0 Å². The molecule has 26 heavy (non-hydrogen) atoms. The molecule has 1 N–H and O–H groups in total. The number of nitrogens with one attached hydrogen (secondary N) is 1. The van der Waals surface area contributed by atoms with Crippen LogP contribution in [-0.2, 0) is 6.54 Å². The fourth-order valence-corrected chi connectivity index (χ4v) is 4.14. The van der Waals surface area contributed by atoms with E-state index >= 15 is 0 Å². The van der Waals surface area contributed by atoms with Crippen molar-refractivity contribution in [3.8, 4) is 11.5 Å². The average Bonchev–Trinajstić information content (AvgIpc) is 3.10. The number of methoxy groups -OCH3 is 2. The summed E-state index contributed by atoms with van der Waals surface area (Å²) in [6, 6.07) is 9.52. The standard InChI is InChI=1S/C19H24N2O4S/c1-23-15-6-5-14(12-17(15)24-2)13-20-19(22)21-8-7-18(26-11-9-21)16-4-3-10-25-16/h3-6,10,12,18H,7-9,11,13H2,1-2H3,(H,20,22). The topological polar surface area (TPSA) is 63.9 Å². The van der Waals surface area contributed by atoms with E-state index in [1.54, 1.807) is 20.5 Å². The number of urea groups is 1. The van der Waals surface area contributed by atoms with Crippen LogP contribution in [0.1, 0.15) is 23.0 Å². The molecular formula is C19H24N2O4S.